The summed E-state index contributed by atoms with van der Waals surface area (Å²) in [6.45, 7) is 3.50. The van der Waals surface area contributed by atoms with Crippen LogP contribution in [0.5, 0.6) is 17.2 Å². The highest BCUT2D eigenvalue weighted by molar-refractivity contribution is 7.20. The Morgan fingerprint density at radius 2 is 1.71 bits per heavy atom. The van der Waals surface area contributed by atoms with Crippen LogP contribution in [-0.2, 0) is 4.79 Å². The van der Waals surface area contributed by atoms with E-state index in [-0.39, 0.29) is 5.91 Å². The minimum Gasteiger partial charge on any atom is -0.497 e. The molecule has 0 saturated carbocycles. The number of ether oxygens (including phenoxy) is 3. The van der Waals surface area contributed by atoms with E-state index >= 15 is 0 Å². The minimum atomic E-state index is -0.847. The van der Waals surface area contributed by atoms with Gasteiger partial charge in [0.05, 0.1) is 49.3 Å². The highest BCUT2D eigenvalue weighted by Crippen LogP contribution is 2.32. The van der Waals surface area contributed by atoms with Crippen molar-refractivity contribution in [3.63, 3.8) is 0 Å². The van der Waals surface area contributed by atoms with Gasteiger partial charge in [-0.1, -0.05) is 19.1 Å². The molecule has 0 aliphatic heterocycles. The molecule has 2 aromatic carbocycles. The van der Waals surface area contributed by atoms with Crippen molar-refractivity contribution in [3.05, 3.63) is 69.6 Å². The maximum atomic E-state index is 13.6. The van der Waals surface area contributed by atoms with Gasteiger partial charge in [-0.2, -0.15) is 0 Å². The number of aryl methyl sites for hydroxylation is 1. The molecule has 0 radical (unpaired) electrons. The molecular weight excluding hydrogens is 508 g/mol. The van der Waals surface area contributed by atoms with E-state index in [0.29, 0.717) is 55.7 Å². The van der Waals surface area contributed by atoms with Crippen molar-refractivity contribution in [3.8, 4) is 17.2 Å². The van der Waals surface area contributed by atoms with Crippen LogP contribution in [0.1, 0.15) is 34.6 Å². The summed E-state index contributed by atoms with van der Waals surface area (Å²) in [5, 5.41) is 5.97. The molecule has 11 heteroatoms. The number of para-hydroxylation sites is 2. The molecule has 4 rings (SSSR count). The Labute approximate surface area is 223 Å². The summed E-state index contributed by atoms with van der Waals surface area (Å²) in [5.74, 6) is 0.723. The number of hydrogen-bond donors (Lipinski definition) is 2. The van der Waals surface area contributed by atoms with Gasteiger partial charge in [0, 0.05) is 6.07 Å². The Bertz CT molecular complexity index is 1560. The third kappa shape index (κ3) is 5.05. The summed E-state index contributed by atoms with van der Waals surface area (Å²) in [4.78, 5) is 45.2. The van der Waals surface area contributed by atoms with Crippen molar-refractivity contribution < 1.29 is 23.8 Å². The predicted octanol–water partition coefficient (Wildman–Crippen LogP) is 4.63. The van der Waals surface area contributed by atoms with Gasteiger partial charge in [-0.05, 0) is 43.2 Å². The summed E-state index contributed by atoms with van der Waals surface area (Å²) < 4.78 is 17.2. The summed E-state index contributed by atoms with van der Waals surface area (Å²) in [5.41, 5.74) is 1.02. The molecule has 10 nitrogen and oxygen atoms in total. The van der Waals surface area contributed by atoms with Crippen LogP contribution in [0.15, 0.2) is 53.6 Å². The number of hydrogen-bond acceptors (Lipinski definition) is 8. The minimum absolute atomic E-state index is 0.299. The molecule has 2 aromatic heterocycles. The van der Waals surface area contributed by atoms with E-state index in [1.807, 2.05) is 0 Å². The van der Waals surface area contributed by atoms with E-state index < -0.39 is 17.5 Å². The highest BCUT2D eigenvalue weighted by atomic mass is 32.1. The Morgan fingerprint density at radius 3 is 2.39 bits per heavy atom. The van der Waals surface area contributed by atoms with E-state index in [2.05, 4.69) is 15.6 Å². The second-order valence-electron chi connectivity index (χ2n) is 8.33. The maximum absolute atomic E-state index is 13.6. The monoisotopic (exact) mass is 536 g/mol. The fraction of sp³-hybridized carbons (Fsp3) is 0.259. The molecule has 2 heterocycles. The van der Waals surface area contributed by atoms with Gasteiger partial charge in [-0.25, -0.2) is 4.98 Å². The highest BCUT2D eigenvalue weighted by Gasteiger charge is 2.25. The second-order valence-corrected chi connectivity index (χ2v) is 9.33. The standard InChI is InChI=1S/C27H28N4O6S/c1-6-19(24(32)30-18-13-16(35-3)11-12-21(18)37-5)31-14-28-26-22(27(31)34)15(2)23(38-26)25(33)29-17-9-7-8-10-20(17)36-4/h7-14,19H,6H2,1-5H3,(H,29,33)(H,30,32). The van der Waals surface area contributed by atoms with Crippen LogP contribution < -0.4 is 30.4 Å². The van der Waals surface area contributed by atoms with Gasteiger partial charge in [0.25, 0.3) is 11.5 Å². The van der Waals surface area contributed by atoms with Gasteiger partial charge in [0.2, 0.25) is 5.91 Å². The lowest BCUT2D eigenvalue weighted by Gasteiger charge is -2.19. The number of nitrogens with zero attached hydrogens (tertiary/aromatic N) is 2. The largest absolute Gasteiger partial charge is 0.497 e. The molecule has 1 unspecified atom stereocenters. The van der Waals surface area contributed by atoms with Crippen LogP contribution in [0.4, 0.5) is 11.4 Å². The van der Waals surface area contributed by atoms with Crippen molar-refractivity contribution in [2.45, 2.75) is 26.3 Å². The first-order valence-corrected chi connectivity index (χ1v) is 12.6. The van der Waals surface area contributed by atoms with Gasteiger partial charge < -0.3 is 24.8 Å². The smallest absolute Gasteiger partial charge is 0.266 e. The lowest BCUT2D eigenvalue weighted by molar-refractivity contribution is -0.119. The summed E-state index contributed by atoms with van der Waals surface area (Å²) >= 11 is 1.12. The van der Waals surface area contributed by atoms with Gasteiger partial charge in [-0.3, -0.25) is 19.0 Å². The van der Waals surface area contributed by atoms with E-state index in [1.165, 1.54) is 32.2 Å². The molecule has 0 aliphatic carbocycles. The zero-order valence-electron chi connectivity index (χ0n) is 21.7. The molecule has 0 aliphatic rings. The van der Waals surface area contributed by atoms with Crippen LogP contribution in [0, 0.1) is 6.92 Å². The average molecular weight is 537 g/mol. The zero-order valence-corrected chi connectivity index (χ0v) is 22.5. The number of benzene rings is 2. The Hall–Kier alpha value is -4.38. The number of nitrogens with one attached hydrogen (secondary N) is 2. The average Bonchev–Trinajstić information content (AvgIpc) is 3.27. The van der Waals surface area contributed by atoms with Crippen LogP contribution in [0.25, 0.3) is 10.2 Å². The van der Waals surface area contributed by atoms with Crippen LogP contribution in [-0.4, -0.2) is 42.7 Å². The third-order valence-corrected chi connectivity index (χ3v) is 7.33. The van der Waals surface area contributed by atoms with Gasteiger partial charge >= 0.3 is 0 Å². The number of anilines is 2. The SMILES string of the molecule is CCC(C(=O)Nc1cc(OC)ccc1OC)n1cnc2sc(C(=O)Nc3ccccc3OC)c(C)c2c1=O. The number of carbonyl (C=O) groups is 2. The number of fused-ring (bicyclic) bond motifs is 1. The van der Waals surface area contributed by atoms with E-state index in [4.69, 9.17) is 14.2 Å². The van der Waals surface area contributed by atoms with Crippen molar-refractivity contribution in [2.24, 2.45) is 0 Å². The molecule has 38 heavy (non-hydrogen) atoms. The first kappa shape index (κ1) is 26.7. The number of amides is 2. The lowest BCUT2D eigenvalue weighted by Crippen LogP contribution is -2.33. The molecule has 0 spiro atoms. The van der Waals surface area contributed by atoms with Gasteiger partial charge in [0.15, 0.2) is 0 Å². The number of thiophene rings is 1. The van der Waals surface area contributed by atoms with E-state index in [0.717, 1.165) is 11.3 Å². The van der Waals surface area contributed by atoms with Crippen LogP contribution in [0.2, 0.25) is 0 Å². The topological polar surface area (TPSA) is 121 Å². The number of aromatic nitrogens is 2. The molecular formula is C27H28N4O6S. The molecule has 4 aromatic rings. The quantitative estimate of drug-likeness (QED) is 0.320. The first-order valence-electron chi connectivity index (χ1n) is 11.8. The van der Waals surface area contributed by atoms with E-state index in [9.17, 15) is 14.4 Å². The number of carbonyl (C=O) groups excluding carboxylic acids is 2. The Morgan fingerprint density at radius 1 is 1.00 bits per heavy atom. The lowest BCUT2D eigenvalue weighted by atomic mass is 10.1. The van der Waals surface area contributed by atoms with Crippen LogP contribution >= 0.6 is 11.3 Å². The fourth-order valence-electron chi connectivity index (χ4n) is 4.14. The van der Waals surface area contributed by atoms with Crippen molar-refractivity contribution >= 4 is 44.7 Å². The predicted molar refractivity (Wildman–Crippen MR) is 147 cm³/mol. The molecule has 0 fully saturated rings. The molecule has 2 amide bonds. The summed E-state index contributed by atoms with van der Waals surface area (Å²) in [7, 11) is 4.54. The first-order chi connectivity index (χ1) is 18.3. The number of rotatable bonds is 9. The Balaban J connectivity index is 1.67. The van der Waals surface area contributed by atoms with Crippen molar-refractivity contribution in [1.29, 1.82) is 0 Å². The molecule has 0 bridgehead atoms. The van der Waals surface area contributed by atoms with Crippen molar-refractivity contribution in [1.82, 2.24) is 9.55 Å². The number of methoxy groups -OCH3 is 3. The normalized spacial score (nSPS) is 11.6. The van der Waals surface area contributed by atoms with Crippen molar-refractivity contribution in [2.75, 3.05) is 32.0 Å². The summed E-state index contributed by atoms with van der Waals surface area (Å²) in [6, 6.07) is 11.3. The fourth-order valence-corrected chi connectivity index (χ4v) is 5.17. The third-order valence-electron chi connectivity index (χ3n) is 6.13. The molecule has 2 N–H and O–H groups in total. The molecule has 1 atom stereocenters. The molecule has 0 saturated heterocycles. The summed E-state index contributed by atoms with van der Waals surface area (Å²) in [6.07, 6.45) is 1.68. The van der Waals surface area contributed by atoms with Gasteiger partial charge in [0.1, 0.15) is 28.1 Å². The second kappa shape index (κ2) is 11.3. The maximum Gasteiger partial charge on any atom is 0.266 e. The molecule has 198 valence electrons. The zero-order chi connectivity index (χ0) is 27.4. The van der Waals surface area contributed by atoms with Gasteiger partial charge in [-0.15, -0.1) is 11.3 Å². The van der Waals surface area contributed by atoms with E-state index in [1.54, 1.807) is 56.3 Å². The van der Waals surface area contributed by atoms with Crippen LogP contribution in [0.3, 0.4) is 0 Å². The Kier molecular flexibility index (Phi) is 7.96.